The molecule has 14 rings (SSSR count). The minimum absolute atomic E-state index is 0.0936. The lowest BCUT2D eigenvalue weighted by atomic mass is 9.82. The average Bonchev–Trinajstić information content (AvgIpc) is 4.03. The molecule has 2 heterocycles. The van der Waals surface area contributed by atoms with Gasteiger partial charge in [0.25, 0.3) is 0 Å². The van der Waals surface area contributed by atoms with Crippen molar-refractivity contribution in [3.63, 3.8) is 0 Å². The fourth-order valence-electron chi connectivity index (χ4n) is 12.7. The van der Waals surface area contributed by atoms with Crippen molar-refractivity contribution in [2.75, 3.05) is 9.80 Å². The van der Waals surface area contributed by atoms with Gasteiger partial charge in [0.1, 0.15) is 0 Å². The maximum absolute atomic E-state index is 2.42. The molecule has 0 bridgehead atoms. The summed E-state index contributed by atoms with van der Waals surface area (Å²) >= 11 is 0. The molecule has 0 atom stereocenters. The molecule has 4 nitrogen and oxygen atoms in total. The standard InChI is InChI=1S/C68H54N4/c1-67(2)59-23-15-13-21-51(59)53-31-27-47(39-61(53)67)71(45-17-9-7-10-18-45)49-29-33-55-57-37-43(25-35-63(57)69(5)65(55)41-49)44-26-36-64-58(38-44)56-34-30-50(42-66(56)70(64)6)72(46-19-11-8-12-20-46)48-28-32-54-52-22-14-16-24-60(52)68(3,4)62(54)40-48/h7-42H,1-6H3. The number of fused-ring (bicyclic) bond motifs is 12. The molecule has 10 aromatic carbocycles. The number of rotatable bonds is 7. The third-order valence-corrected chi connectivity index (χ3v) is 16.5. The maximum atomic E-state index is 2.42. The van der Waals surface area contributed by atoms with Crippen LogP contribution in [0, 0.1) is 0 Å². The van der Waals surface area contributed by atoms with Crippen molar-refractivity contribution < 1.29 is 0 Å². The van der Waals surface area contributed by atoms with Gasteiger partial charge in [-0.1, -0.05) is 149 Å². The number of benzene rings is 10. The highest BCUT2D eigenvalue weighted by atomic mass is 15.2. The van der Waals surface area contributed by atoms with Crippen molar-refractivity contribution in [3.05, 3.63) is 241 Å². The molecule has 0 radical (unpaired) electrons. The van der Waals surface area contributed by atoms with Gasteiger partial charge >= 0.3 is 0 Å². The van der Waals surface area contributed by atoms with Gasteiger partial charge in [-0.05, 0) is 153 Å². The van der Waals surface area contributed by atoms with Crippen molar-refractivity contribution in [2.24, 2.45) is 14.1 Å². The lowest BCUT2D eigenvalue weighted by Gasteiger charge is -2.28. The minimum atomic E-state index is -0.0936. The van der Waals surface area contributed by atoms with Crippen LogP contribution in [-0.2, 0) is 24.9 Å². The van der Waals surface area contributed by atoms with Crippen molar-refractivity contribution in [2.45, 2.75) is 38.5 Å². The molecule has 4 heteroatoms. The van der Waals surface area contributed by atoms with Gasteiger partial charge in [-0.2, -0.15) is 0 Å². The normalized spacial score (nSPS) is 13.9. The Kier molecular flexibility index (Phi) is 9.07. The van der Waals surface area contributed by atoms with Gasteiger partial charge in [-0.15, -0.1) is 0 Å². The molecule has 0 saturated carbocycles. The molecule has 0 aliphatic heterocycles. The lowest BCUT2D eigenvalue weighted by Crippen LogP contribution is -2.16. The molecule has 0 fully saturated rings. The highest BCUT2D eigenvalue weighted by Gasteiger charge is 2.37. The Morgan fingerprint density at radius 1 is 0.278 bits per heavy atom. The van der Waals surface area contributed by atoms with E-state index in [0.717, 1.165) is 34.1 Å². The van der Waals surface area contributed by atoms with Crippen LogP contribution in [0.2, 0.25) is 0 Å². The van der Waals surface area contributed by atoms with Gasteiger partial charge in [0.05, 0.1) is 11.0 Å². The van der Waals surface area contributed by atoms with Crippen LogP contribution in [0.4, 0.5) is 34.1 Å². The van der Waals surface area contributed by atoms with Crippen molar-refractivity contribution >= 4 is 77.7 Å². The average molecular weight is 927 g/mol. The fourth-order valence-corrected chi connectivity index (χ4v) is 12.7. The van der Waals surface area contributed by atoms with E-state index in [1.54, 1.807) is 0 Å². The third kappa shape index (κ3) is 6.11. The van der Waals surface area contributed by atoms with Gasteiger partial charge < -0.3 is 18.9 Å². The Morgan fingerprint density at radius 2 is 0.639 bits per heavy atom. The molecule has 12 aromatic rings. The van der Waals surface area contributed by atoms with Crippen LogP contribution in [0.1, 0.15) is 49.9 Å². The quantitative estimate of drug-likeness (QED) is 0.158. The molecule has 2 aromatic heterocycles. The number of aryl methyl sites for hydroxylation is 2. The predicted octanol–water partition coefficient (Wildman–Crippen LogP) is 18.2. The summed E-state index contributed by atoms with van der Waals surface area (Å²) in [5.41, 5.74) is 24.7. The minimum Gasteiger partial charge on any atom is -0.344 e. The lowest BCUT2D eigenvalue weighted by molar-refractivity contribution is 0.660. The van der Waals surface area contributed by atoms with E-state index in [1.165, 1.54) is 99.2 Å². The van der Waals surface area contributed by atoms with E-state index in [1.807, 2.05) is 0 Å². The molecule has 0 N–H and O–H groups in total. The van der Waals surface area contributed by atoms with Gasteiger partial charge in [0, 0.05) is 91.6 Å². The van der Waals surface area contributed by atoms with Gasteiger partial charge in [-0.3, -0.25) is 0 Å². The largest absolute Gasteiger partial charge is 0.344 e. The second-order valence-corrected chi connectivity index (χ2v) is 21.1. The fraction of sp³-hybridized carbons (Fsp3) is 0.118. The summed E-state index contributed by atoms with van der Waals surface area (Å²) in [6.45, 7) is 9.43. The van der Waals surface area contributed by atoms with E-state index in [9.17, 15) is 0 Å². The Balaban J connectivity index is 0.836. The number of para-hydroxylation sites is 2. The molecule has 2 aliphatic rings. The summed E-state index contributed by atoms with van der Waals surface area (Å²) in [6.07, 6.45) is 0. The first kappa shape index (κ1) is 42.3. The van der Waals surface area contributed by atoms with E-state index >= 15 is 0 Å². The van der Waals surface area contributed by atoms with Crippen LogP contribution in [0.3, 0.4) is 0 Å². The number of anilines is 6. The third-order valence-electron chi connectivity index (χ3n) is 16.5. The van der Waals surface area contributed by atoms with Crippen LogP contribution in [0.15, 0.2) is 218 Å². The Labute approximate surface area is 421 Å². The Morgan fingerprint density at radius 3 is 1.07 bits per heavy atom. The van der Waals surface area contributed by atoms with Crippen LogP contribution in [0.5, 0.6) is 0 Å². The summed E-state index contributed by atoms with van der Waals surface area (Å²) in [5, 5.41) is 4.99. The number of hydrogen-bond acceptors (Lipinski definition) is 2. The summed E-state index contributed by atoms with van der Waals surface area (Å²) in [6, 6.07) is 81.4. The maximum Gasteiger partial charge on any atom is 0.0509 e. The first-order chi connectivity index (χ1) is 35.0. The topological polar surface area (TPSA) is 16.3 Å². The molecule has 0 amide bonds. The van der Waals surface area contributed by atoms with Crippen molar-refractivity contribution in [3.8, 4) is 33.4 Å². The first-order valence-corrected chi connectivity index (χ1v) is 25.3. The Hall–Kier alpha value is -8.60. The van der Waals surface area contributed by atoms with Gasteiger partial charge in [-0.25, -0.2) is 0 Å². The highest BCUT2D eigenvalue weighted by molar-refractivity contribution is 6.13. The number of hydrogen-bond donors (Lipinski definition) is 0. The van der Waals surface area contributed by atoms with Crippen molar-refractivity contribution in [1.29, 1.82) is 0 Å². The number of aromatic nitrogens is 2. The molecular formula is C68H54N4. The van der Waals surface area contributed by atoms with E-state index in [2.05, 4.69) is 279 Å². The SMILES string of the molecule is Cn1c2ccc(-c3ccc4c(c3)c3ccc(N(c5ccccc5)c5ccc6c(c5)C(C)(C)c5ccccc5-6)cc3n4C)cc2c2ccc(N(c3ccccc3)c3ccc4c(c3)C(C)(C)c3ccccc3-4)cc21. The Bertz CT molecular complexity index is 3920. The summed E-state index contributed by atoms with van der Waals surface area (Å²) in [4.78, 5) is 4.83. The van der Waals surface area contributed by atoms with Crippen LogP contribution in [0.25, 0.3) is 77.0 Å². The zero-order valence-electron chi connectivity index (χ0n) is 41.6. The van der Waals surface area contributed by atoms with E-state index in [-0.39, 0.29) is 10.8 Å². The van der Waals surface area contributed by atoms with Gasteiger partial charge in [0.15, 0.2) is 0 Å². The van der Waals surface area contributed by atoms with Gasteiger partial charge in [0.2, 0.25) is 0 Å². The zero-order valence-corrected chi connectivity index (χ0v) is 41.6. The molecule has 0 saturated heterocycles. The second kappa shape index (κ2) is 15.4. The van der Waals surface area contributed by atoms with E-state index in [4.69, 9.17) is 0 Å². The van der Waals surface area contributed by atoms with Crippen LogP contribution in [-0.4, -0.2) is 9.13 Å². The number of nitrogens with zero attached hydrogens (tertiary/aromatic N) is 4. The monoisotopic (exact) mass is 926 g/mol. The molecule has 72 heavy (non-hydrogen) atoms. The highest BCUT2D eigenvalue weighted by Crippen LogP contribution is 2.53. The molecular weight excluding hydrogens is 873 g/mol. The first-order valence-electron chi connectivity index (χ1n) is 25.3. The smallest absolute Gasteiger partial charge is 0.0509 e. The molecule has 0 unspecified atom stereocenters. The van der Waals surface area contributed by atoms with E-state index < -0.39 is 0 Å². The zero-order chi connectivity index (χ0) is 48.6. The molecule has 346 valence electrons. The molecule has 2 aliphatic carbocycles. The van der Waals surface area contributed by atoms with Crippen LogP contribution < -0.4 is 9.80 Å². The summed E-state index contributed by atoms with van der Waals surface area (Å²) < 4.78 is 4.72. The summed E-state index contributed by atoms with van der Waals surface area (Å²) in [7, 11) is 4.41. The molecule has 0 spiro atoms. The van der Waals surface area contributed by atoms with Crippen molar-refractivity contribution in [1.82, 2.24) is 9.13 Å². The summed E-state index contributed by atoms with van der Waals surface area (Å²) in [5.74, 6) is 0. The second-order valence-electron chi connectivity index (χ2n) is 21.1. The predicted molar refractivity (Wildman–Crippen MR) is 304 cm³/mol. The van der Waals surface area contributed by atoms with Crippen LogP contribution >= 0.6 is 0 Å². The van der Waals surface area contributed by atoms with E-state index in [0.29, 0.717) is 0 Å².